The van der Waals surface area contributed by atoms with E-state index in [0.717, 1.165) is 0 Å². The summed E-state index contributed by atoms with van der Waals surface area (Å²) >= 11 is 6.07. The van der Waals surface area contributed by atoms with Crippen LogP contribution in [0.25, 0.3) is 17.1 Å². The lowest BCUT2D eigenvalue weighted by Crippen LogP contribution is -2.19. The molecule has 1 amide bonds. The number of halogens is 1. The van der Waals surface area contributed by atoms with E-state index in [1.54, 1.807) is 30.3 Å². The highest BCUT2D eigenvalue weighted by Gasteiger charge is 2.24. The van der Waals surface area contributed by atoms with Crippen molar-refractivity contribution in [2.75, 3.05) is 5.73 Å². The van der Waals surface area contributed by atoms with Gasteiger partial charge in [-0.15, -0.1) is 5.10 Å². The highest BCUT2D eigenvalue weighted by Crippen LogP contribution is 2.26. The molecule has 0 unspecified atom stereocenters. The van der Waals surface area contributed by atoms with Crippen LogP contribution in [-0.2, 0) is 0 Å². The normalized spacial score (nSPS) is 11.1. The van der Waals surface area contributed by atoms with Gasteiger partial charge >= 0.3 is 0 Å². The molecule has 0 saturated heterocycles. The quantitative estimate of drug-likeness (QED) is 0.381. The third-order valence-corrected chi connectivity index (χ3v) is 4.25. The van der Waals surface area contributed by atoms with Crippen LogP contribution in [0.1, 0.15) is 16.1 Å². The Kier molecular flexibility index (Phi) is 4.99. The molecule has 3 N–H and O–H groups in total. The van der Waals surface area contributed by atoms with Crippen LogP contribution in [-0.4, -0.2) is 37.4 Å². The second kappa shape index (κ2) is 7.90. The van der Waals surface area contributed by atoms with E-state index >= 15 is 0 Å². The van der Waals surface area contributed by atoms with E-state index < -0.39 is 5.91 Å². The number of carbonyl (C=O) groups excluding carboxylic acids is 1. The molecule has 0 bridgehead atoms. The molecule has 0 aliphatic carbocycles. The fourth-order valence-electron chi connectivity index (χ4n) is 2.57. The molecule has 2 aromatic heterocycles. The molecule has 0 aliphatic heterocycles. The fourth-order valence-corrected chi connectivity index (χ4v) is 2.75. The van der Waals surface area contributed by atoms with Gasteiger partial charge in [0.05, 0.1) is 6.21 Å². The first-order valence-corrected chi connectivity index (χ1v) is 8.70. The summed E-state index contributed by atoms with van der Waals surface area (Å²) in [5.74, 6) is -0.445. The van der Waals surface area contributed by atoms with Crippen LogP contribution in [0.3, 0.4) is 0 Å². The van der Waals surface area contributed by atoms with E-state index in [4.69, 9.17) is 17.3 Å². The molecule has 11 heteroatoms. The van der Waals surface area contributed by atoms with Crippen molar-refractivity contribution >= 4 is 29.5 Å². The Hall–Kier alpha value is -4.05. The summed E-state index contributed by atoms with van der Waals surface area (Å²) in [7, 11) is 0. The minimum absolute atomic E-state index is 0.00998. The number of aromatic nitrogens is 5. The zero-order valence-electron chi connectivity index (χ0n) is 14.7. The number of hydrogen-bond donors (Lipinski definition) is 2. The number of nitrogen functional groups attached to an aromatic ring is 1. The van der Waals surface area contributed by atoms with Gasteiger partial charge in [-0.1, -0.05) is 65.3 Å². The highest BCUT2D eigenvalue weighted by molar-refractivity contribution is 6.33. The van der Waals surface area contributed by atoms with E-state index in [-0.39, 0.29) is 17.3 Å². The highest BCUT2D eigenvalue weighted by atomic mass is 35.5. The number of anilines is 1. The standard InChI is InChI=1S/C18H13ClN8O2/c19-13-9-5-4-8-12(13)10-21-23-18(28)14-15(11-6-2-1-3-7-11)27(26-22-14)17-16(20)24-29-25-17/h1-10H,(H2,20,24)(H,23,28)/b21-10-. The number of carbonyl (C=O) groups is 1. The fraction of sp³-hybridized carbons (Fsp3) is 0. The van der Waals surface area contributed by atoms with Crippen LogP contribution in [0.4, 0.5) is 5.82 Å². The molecule has 0 saturated carbocycles. The minimum atomic E-state index is -0.576. The molecule has 0 atom stereocenters. The van der Waals surface area contributed by atoms with Crippen molar-refractivity contribution < 1.29 is 9.42 Å². The molecule has 144 valence electrons. The third kappa shape index (κ3) is 3.69. The number of amides is 1. The van der Waals surface area contributed by atoms with Crippen LogP contribution >= 0.6 is 11.6 Å². The average molecular weight is 409 g/mol. The Morgan fingerprint density at radius 1 is 1.14 bits per heavy atom. The van der Waals surface area contributed by atoms with E-state index in [0.29, 0.717) is 21.8 Å². The topological polar surface area (TPSA) is 137 Å². The van der Waals surface area contributed by atoms with Crippen LogP contribution in [0, 0.1) is 0 Å². The zero-order chi connectivity index (χ0) is 20.2. The van der Waals surface area contributed by atoms with Crippen molar-refractivity contribution in [2.45, 2.75) is 0 Å². The maximum Gasteiger partial charge on any atom is 0.294 e. The van der Waals surface area contributed by atoms with E-state index in [2.05, 4.69) is 35.8 Å². The number of benzene rings is 2. The lowest BCUT2D eigenvalue weighted by atomic mass is 10.1. The van der Waals surface area contributed by atoms with E-state index in [1.807, 2.05) is 24.3 Å². The number of nitrogens with two attached hydrogens (primary N) is 1. The predicted molar refractivity (Wildman–Crippen MR) is 106 cm³/mol. The van der Waals surface area contributed by atoms with Gasteiger partial charge in [0.15, 0.2) is 5.69 Å². The third-order valence-electron chi connectivity index (χ3n) is 3.90. The maximum atomic E-state index is 12.7. The summed E-state index contributed by atoms with van der Waals surface area (Å²) in [5.41, 5.74) is 9.90. The largest absolute Gasteiger partial charge is 0.378 e. The lowest BCUT2D eigenvalue weighted by molar-refractivity contribution is 0.0950. The zero-order valence-corrected chi connectivity index (χ0v) is 15.5. The monoisotopic (exact) mass is 408 g/mol. The summed E-state index contributed by atoms with van der Waals surface area (Å²) in [6.45, 7) is 0. The van der Waals surface area contributed by atoms with Crippen molar-refractivity contribution in [3.8, 4) is 17.1 Å². The van der Waals surface area contributed by atoms with Gasteiger partial charge in [0, 0.05) is 16.1 Å². The smallest absolute Gasteiger partial charge is 0.294 e. The van der Waals surface area contributed by atoms with Crippen molar-refractivity contribution in [1.29, 1.82) is 0 Å². The van der Waals surface area contributed by atoms with Gasteiger partial charge in [0.2, 0.25) is 11.6 Å². The second-order valence-corrected chi connectivity index (χ2v) is 6.17. The Bertz CT molecular complexity index is 1190. The van der Waals surface area contributed by atoms with Crippen molar-refractivity contribution in [1.82, 2.24) is 30.7 Å². The average Bonchev–Trinajstić information content (AvgIpc) is 3.36. The summed E-state index contributed by atoms with van der Waals surface area (Å²) in [4.78, 5) is 12.7. The number of nitrogens with one attached hydrogen (secondary N) is 1. The molecule has 0 aliphatic rings. The summed E-state index contributed by atoms with van der Waals surface area (Å²) in [6.07, 6.45) is 1.44. The molecule has 0 radical (unpaired) electrons. The first-order chi connectivity index (χ1) is 14.1. The Balaban J connectivity index is 1.68. The van der Waals surface area contributed by atoms with Gasteiger partial charge in [-0.25, -0.2) is 10.1 Å². The van der Waals surface area contributed by atoms with Crippen molar-refractivity contribution in [3.63, 3.8) is 0 Å². The van der Waals surface area contributed by atoms with Gasteiger partial charge < -0.3 is 5.73 Å². The molecule has 2 heterocycles. The number of rotatable bonds is 5. The molecule has 0 spiro atoms. The van der Waals surface area contributed by atoms with Gasteiger partial charge in [-0.05, 0) is 16.4 Å². The molecule has 29 heavy (non-hydrogen) atoms. The first kappa shape index (κ1) is 18.3. The molecule has 10 nitrogen and oxygen atoms in total. The van der Waals surface area contributed by atoms with Crippen LogP contribution < -0.4 is 11.2 Å². The summed E-state index contributed by atoms with van der Waals surface area (Å²) < 4.78 is 5.92. The van der Waals surface area contributed by atoms with E-state index in [1.165, 1.54) is 10.9 Å². The summed E-state index contributed by atoms with van der Waals surface area (Å²) in [6, 6.07) is 16.2. The Morgan fingerprint density at radius 2 is 1.90 bits per heavy atom. The van der Waals surface area contributed by atoms with Crippen LogP contribution in [0.5, 0.6) is 0 Å². The lowest BCUT2D eigenvalue weighted by Gasteiger charge is -2.05. The Morgan fingerprint density at radius 3 is 2.62 bits per heavy atom. The molecular weight excluding hydrogens is 396 g/mol. The van der Waals surface area contributed by atoms with Crippen LogP contribution in [0.15, 0.2) is 64.3 Å². The molecular formula is C18H13ClN8O2. The van der Waals surface area contributed by atoms with Crippen molar-refractivity contribution in [3.05, 3.63) is 70.9 Å². The van der Waals surface area contributed by atoms with Crippen LogP contribution in [0.2, 0.25) is 5.02 Å². The minimum Gasteiger partial charge on any atom is -0.378 e. The second-order valence-electron chi connectivity index (χ2n) is 5.76. The SMILES string of the molecule is Nc1nonc1-n1nnc(C(=O)N/N=C\c2ccccc2Cl)c1-c1ccccc1. The molecule has 2 aromatic carbocycles. The number of hydrogen-bond acceptors (Lipinski definition) is 8. The van der Waals surface area contributed by atoms with Gasteiger partial charge in [-0.3, -0.25) is 4.79 Å². The Labute approximate surface area is 168 Å². The first-order valence-electron chi connectivity index (χ1n) is 8.32. The van der Waals surface area contributed by atoms with Gasteiger partial charge in [-0.2, -0.15) is 9.78 Å². The van der Waals surface area contributed by atoms with Crippen molar-refractivity contribution in [2.24, 2.45) is 5.10 Å². The van der Waals surface area contributed by atoms with E-state index in [9.17, 15) is 4.79 Å². The predicted octanol–water partition coefficient (Wildman–Crippen LogP) is 2.32. The molecule has 4 rings (SSSR count). The van der Waals surface area contributed by atoms with Gasteiger partial charge in [0.1, 0.15) is 5.69 Å². The summed E-state index contributed by atoms with van der Waals surface area (Å²) in [5, 5.41) is 19.7. The molecule has 4 aromatic rings. The maximum absolute atomic E-state index is 12.7. The van der Waals surface area contributed by atoms with Gasteiger partial charge in [0.25, 0.3) is 5.91 Å². The number of nitrogens with zero attached hydrogens (tertiary/aromatic N) is 6. The molecule has 0 fully saturated rings. The number of hydrazone groups is 1.